The van der Waals surface area contributed by atoms with Gasteiger partial charge in [-0.3, -0.25) is 4.40 Å². The standard InChI is InChI=1S/C20H23N3S/c1-14-8-4-5-9-16(14)23-15(2)17-18(20(23)10-6-3-7-11-20)21-19-22(17)12-13-24-19/h4-5,8-9,12-13,15H,3,6-7,10-11H2,1-2H3. The Bertz CT molecular complexity index is 901. The number of hydrogen-bond donors (Lipinski definition) is 0. The van der Waals surface area contributed by atoms with E-state index >= 15 is 0 Å². The van der Waals surface area contributed by atoms with Crippen molar-refractivity contribution in [3.63, 3.8) is 0 Å². The van der Waals surface area contributed by atoms with E-state index in [1.807, 2.05) is 0 Å². The molecular formula is C20H23N3S. The van der Waals surface area contributed by atoms with Crippen LogP contribution in [0.5, 0.6) is 0 Å². The zero-order valence-corrected chi connectivity index (χ0v) is 15.1. The van der Waals surface area contributed by atoms with Gasteiger partial charge in [0, 0.05) is 17.3 Å². The average molecular weight is 337 g/mol. The van der Waals surface area contributed by atoms with Gasteiger partial charge >= 0.3 is 0 Å². The molecule has 0 saturated heterocycles. The molecule has 1 fully saturated rings. The molecule has 3 aromatic rings. The normalized spacial score (nSPS) is 22.4. The monoisotopic (exact) mass is 337 g/mol. The topological polar surface area (TPSA) is 20.5 Å². The molecule has 5 rings (SSSR count). The molecule has 1 aliphatic carbocycles. The van der Waals surface area contributed by atoms with Crippen molar-refractivity contribution in [3.05, 3.63) is 52.8 Å². The highest BCUT2D eigenvalue weighted by atomic mass is 32.1. The molecular weight excluding hydrogens is 314 g/mol. The lowest BCUT2D eigenvalue weighted by atomic mass is 9.79. The Balaban J connectivity index is 1.77. The first kappa shape index (κ1) is 14.5. The van der Waals surface area contributed by atoms with Crippen LogP contribution in [0.25, 0.3) is 4.96 Å². The van der Waals surface area contributed by atoms with Crippen molar-refractivity contribution in [2.24, 2.45) is 0 Å². The predicted molar refractivity (Wildman–Crippen MR) is 99.9 cm³/mol. The summed E-state index contributed by atoms with van der Waals surface area (Å²) in [4.78, 5) is 8.98. The maximum Gasteiger partial charge on any atom is 0.194 e. The summed E-state index contributed by atoms with van der Waals surface area (Å²) in [5.74, 6) is 0. The number of thiazole rings is 1. The number of benzene rings is 1. The molecule has 1 aromatic carbocycles. The minimum atomic E-state index is 0.0881. The average Bonchev–Trinajstić information content (AvgIpc) is 3.23. The number of aromatic nitrogens is 2. The fourth-order valence-corrected chi connectivity index (χ4v) is 5.76. The molecule has 0 bridgehead atoms. The smallest absolute Gasteiger partial charge is 0.194 e. The van der Waals surface area contributed by atoms with E-state index < -0.39 is 0 Å². The van der Waals surface area contributed by atoms with Gasteiger partial charge in [-0.1, -0.05) is 37.5 Å². The molecule has 1 atom stereocenters. The SMILES string of the molecule is Cc1ccccc1N1C(C)c2c(nc3sccn23)C12CCCCC2. The van der Waals surface area contributed by atoms with E-state index in [1.165, 1.54) is 54.7 Å². The molecule has 1 aliphatic heterocycles. The summed E-state index contributed by atoms with van der Waals surface area (Å²) in [6.07, 6.45) is 8.61. The third-order valence-corrected chi connectivity index (χ3v) is 6.80. The van der Waals surface area contributed by atoms with Crippen LogP contribution >= 0.6 is 11.3 Å². The summed E-state index contributed by atoms with van der Waals surface area (Å²) in [5.41, 5.74) is 5.60. The first-order chi connectivity index (χ1) is 11.7. The zero-order valence-electron chi connectivity index (χ0n) is 14.3. The molecule has 0 amide bonds. The number of anilines is 1. The summed E-state index contributed by atoms with van der Waals surface area (Å²) in [7, 11) is 0. The van der Waals surface area contributed by atoms with Crippen molar-refractivity contribution in [1.82, 2.24) is 9.38 Å². The Morgan fingerprint density at radius 3 is 2.75 bits per heavy atom. The van der Waals surface area contributed by atoms with E-state index in [0.717, 1.165) is 4.96 Å². The lowest BCUT2D eigenvalue weighted by Gasteiger charge is -2.45. The molecule has 24 heavy (non-hydrogen) atoms. The molecule has 3 heterocycles. The van der Waals surface area contributed by atoms with Crippen molar-refractivity contribution in [2.45, 2.75) is 57.5 Å². The summed E-state index contributed by atoms with van der Waals surface area (Å²) in [6.45, 7) is 4.60. The quantitative estimate of drug-likeness (QED) is 0.589. The Morgan fingerprint density at radius 2 is 1.96 bits per heavy atom. The van der Waals surface area contributed by atoms with Crippen molar-refractivity contribution in [3.8, 4) is 0 Å². The Kier molecular flexibility index (Phi) is 3.08. The van der Waals surface area contributed by atoms with Crippen LogP contribution in [0, 0.1) is 6.92 Å². The summed E-state index contributed by atoms with van der Waals surface area (Å²) in [6, 6.07) is 9.22. The second-order valence-corrected chi connectivity index (χ2v) is 8.20. The van der Waals surface area contributed by atoms with Gasteiger partial charge in [-0.2, -0.15) is 0 Å². The van der Waals surface area contributed by atoms with Gasteiger partial charge < -0.3 is 4.90 Å². The molecule has 1 spiro atoms. The number of fused-ring (bicyclic) bond motifs is 4. The molecule has 0 radical (unpaired) electrons. The molecule has 3 nitrogen and oxygen atoms in total. The van der Waals surface area contributed by atoms with Crippen LogP contribution in [0.15, 0.2) is 35.8 Å². The Labute approximate surface area is 146 Å². The van der Waals surface area contributed by atoms with Crippen molar-refractivity contribution < 1.29 is 0 Å². The van der Waals surface area contributed by atoms with Gasteiger partial charge in [0.05, 0.1) is 23.0 Å². The van der Waals surface area contributed by atoms with Gasteiger partial charge in [0.2, 0.25) is 0 Å². The Hall–Kier alpha value is -1.81. The number of hydrogen-bond acceptors (Lipinski definition) is 3. The minimum absolute atomic E-state index is 0.0881. The van der Waals surface area contributed by atoms with Crippen LogP contribution in [-0.4, -0.2) is 9.38 Å². The second-order valence-electron chi connectivity index (χ2n) is 7.33. The van der Waals surface area contributed by atoms with Crippen LogP contribution in [0.4, 0.5) is 5.69 Å². The molecule has 1 unspecified atom stereocenters. The van der Waals surface area contributed by atoms with Crippen LogP contribution < -0.4 is 4.90 Å². The van der Waals surface area contributed by atoms with Crippen LogP contribution in [-0.2, 0) is 5.54 Å². The maximum atomic E-state index is 5.13. The van der Waals surface area contributed by atoms with Gasteiger partial charge in [-0.15, -0.1) is 11.3 Å². The van der Waals surface area contributed by atoms with E-state index in [2.05, 4.69) is 59.0 Å². The lowest BCUT2D eigenvalue weighted by molar-refractivity contribution is 0.278. The third-order valence-electron chi connectivity index (χ3n) is 6.04. The highest BCUT2D eigenvalue weighted by Crippen LogP contribution is 2.55. The highest BCUT2D eigenvalue weighted by molar-refractivity contribution is 7.15. The first-order valence-corrected chi connectivity index (χ1v) is 9.91. The Morgan fingerprint density at radius 1 is 1.17 bits per heavy atom. The van der Waals surface area contributed by atoms with Gasteiger partial charge in [0.1, 0.15) is 0 Å². The number of rotatable bonds is 1. The van der Waals surface area contributed by atoms with E-state index in [1.54, 1.807) is 11.3 Å². The minimum Gasteiger partial charge on any atom is -0.352 e. The molecule has 2 aromatic heterocycles. The van der Waals surface area contributed by atoms with E-state index in [9.17, 15) is 0 Å². The summed E-state index contributed by atoms with van der Waals surface area (Å²) in [5, 5.41) is 2.15. The molecule has 2 aliphatic rings. The van der Waals surface area contributed by atoms with Crippen LogP contribution in [0.2, 0.25) is 0 Å². The first-order valence-electron chi connectivity index (χ1n) is 9.03. The molecule has 124 valence electrons. The number of nitrogens with zero attached hydrogens (tertiary/aromatic N) is 3. The number of para-hydroxylation sites is 1. The second kappa shape index (κ2) is 5.09. The summed E-state index contributed by atoms with van der Waals surface area (Å²) < 4.78 is 2.33. The van der Waals surface area contributed by atoms with Gasteiger partial charge in [-0.05, 0) is 38.3 Å². The molecule has 0 N–H and O–H groups in total. The van der Waals surface area contributed by atoms with Gasteiger partial charge in [0.25, 0.3) is 0 Å². The molecule has 1 saturated carbocycles. The third kappa shape index (κ3) is 1.75. The van der Waals surface area contributed by atoms with Crippen LogP contribution in [0.1, 0.15) is 62.0 Å². The predicted octanol–water partition coefficient (Wildman–Crippen LogP) is 5.44. The summed E-state index contributed by atoms with van der Waals surface area (Å²) >= 11 is 1.75. The van der Waals surface area contributed by atoms with Gasteiger partial charge in [-0.25, -0.2) is 4.98 Å². The van der Waals surface area contributed by atoms with Crippen molar-refractivity contribution >= 4 is 22.0 Å². The maximum absolute atomic E-state index is 5.13. The van der Waals surface area contributed by atoms with Crippen molar-refractivity contribution in [2.75, 3.05) is 4.90 Å². The number of aryl methyl sites for hydroxylation is 1. The van der Waals surface area contributed by atoms with Crippen molar-refractivity contribution in [1.29, 1.82) is 0 Å². The van der Waals surface area contributed by atoms with E-state index in [4.69, 9.17) is 4.98 Å². The van der Waals surface area contributed by atoms with E-state index in [0.29, 0.717) is 6.04 Å². The lowest BCUT2D eigenvalue weighted by Crippen LogP contribution is -2.44. The van der Waals surface area contributed by atoms with Gasteiger partial charge in [0.15, 0.2) is 4.96 Å². The largest absolute Gasteiger partial charge is 0.352 e. The van der Waals surface area contributed by atoms with Crippen LogP contribution in [0.3, 0.4) is 0 Å². The van der Waals surface area contributed by atoms with E-state index in [-0.39, 0.29) is 5.54 Å². The highest BCUT2D eigenvalue weighted by Gasteiger charge is 2.52. The molecule has 4 heteroatoms. The fourth-order valence-electron chi connectivity index (χ4n) is 5.04. The number of imidazole rings is 1. The fraction of sp³-hybridized carbons (Fsp3) is 0.450. The zero-order chi connectivity index (χ0) is 16.3.